The summed E-state index contributed by atoms with van der Waals surface area (Å²) in [7, 11) is 0. The van der Waals surface area contributed by atoms with Gasteiger partial charge in [-0.2, -0.15) is 0 Å². The highest BCUT2D eigenvalue weighted by Crippen LogP contribution is 2.20. The van der Waals surface area contributed by atoms with Crippen molar-refractivity contribution in [2.75, 3.05) is 16.4 Å². The summed E-state index contributed by atoms with van der Waals surface area (Å²) >= 11 is 1.57. The Morgan fingerprint density at radius 2 is 1.67 bits per heavy atom. The molecule has 2 aromatic carbocycles. The largest absolute Gasteiger partial charge is 0.326 e. The predicted molar refractivity (Wildman–Crippen MR) is 116 cm³/mol. The summed E-state index contributed by atoms with van der Waals surface area (Å²) in [6, 6.07) is 13.7. The summed E-state index contributed by atoms with van der Waals surface area (Å²) in [5.74, 6) is 0.776. The van der Waals surface area contributed by atoms with E-state index in [4.69, 9.17) is 0 Å². The number of aryl methyl sites for hydroxylation is 3. The van der Waals surface area contributed by atoms with Crippen LogP contribution in [-0.2, 0) is 9.59 Å². The predicted octanol–water partition coefficient (Wildman–Crippen LogP) is 5.09. The van der Waals surface area contributed by atoms with Gasteiger partial charge in [0, 0.05) is 17.8 Å². The molecule has 2 aromatic rings. The number of para-hydroxylation sites is 1. The lowest BCUT2D eigenvalue weighted by Gasteiger charge is -2.13. The van der Waals surface area contributed by atoms with Gasteiger partial charge in [0.15, 0.2) is 0 Å². The Labute approximate surface area is 166 Å². The molecule has 144 valence electrons. The van der Waals surface area contributed by atoms with Gasteiger partial charge in [0.25, 0.3) is 0 Å². The van der Waals surface area contributed by atoms with Gasteiger partial charge in [0.1, 0.15) is 0 Å². The van der Waals surface area contributed by atoms with E-state index in [2.05, 4.69) is 10.6 Å². The van der Waals surface area contributed by atoms with Gasteiger partial charge in [-0.15, -0.1) is 11.8 Å². The van der Waals surface area contributed by atoms with Crippen molar-refractivity contribution in [2.45, 2.75) is 45.8 Å². The maximum absolute atomic E-state index is 12.3. The van der Waals surface area contributed by atoms with E-state index in [9.17, 15) is 9.59 Å². The number of carbonyl (C=O) groups excluding carboxylic acids is 2. The zero-order valence-electron chi connectivity index (χ0n) is 16.5. The van der Waals surface area contributed by atoms with Crippen LogP contribution in [0.15, 0.2) is 42.5 Å². The normalized spacial score (nSPS) is 11.7. The standard InChI is InChI=1S/C22H28N2O2S/c1-15-8-5-11-19(14-15)23-22(26)18(4)27-13-7-12-20(25)24-21-16(2)9-6-10-17(21)3/h5-6,8-11,14,18H,7,12-13H2,1-4H3,(H,23,26)(H,24,25)/t18-/m1/s1. The third-order valence-corrected chi connectivity index (χ3v) is 5.55. The molecule has 2 rings (SSSR count). The molecule has 0 aliphatic rings. The smallest absolute Gasteiger partial charge is 0.237 e. The van der Waals surface area contributed by atoms with Crippen LogP contribution in [0.4, 0.5) is 11.4 Å². The molecule has 0 aliphatic heterocycles. The summed E-state index contributed by atoms with van der Waals surface area (Å²) in [4.78, 5) is 24.4. The minimum absolute atomic E-state index is 0.00872. The van der Waals surface area contributed by atoms with E-state index < -0.39 is 0 Å². The molecule has 0 aliphatic carbocycles. The molecule has 2 N–H and O–H groups in total. The molecule has 0 fully saturated rings. The van der Waals surface area contributed by atoms with Crippen LogP contribution in [0.2, 0.25) is 0 Å². The average Bonchev–Trinajstić information content (AvgIpc) is 2.62. The number of amides is 2. The molecule has 0 spiro atoms. The quantitative estimate of drug-likeness (QED) is 0.623. The Balaban J connectivity index is 1.71. The number of nitrogens with one attached hydrogen (secondary N) is 2. The Morgan fingerprint density at radius 1 is 1.00 bits per heavy atom. The molecule has 0 aromatic heterocycles. The van der Waals surface area contributed by atoms with Gasteiger partial charge in [-0.3, -0.25) is 9.59 Å². The number of benzene rings is 2. The van der Waals surface area contributed by atoms with Crippen LogP contribution in [0.5, 0.6) is 0 Å². The Hall–Kier alpha value is -2.27. The highest BCUT2D eigenvalue weighted by atomic mass is 32.2. The molecule has 0 heterocycles. The Bertz CT molecular complexity index is 784. The maximum Gasteiger partial charge on any atom is 0.237 e. The van der Waals surface area contributed by atoms with Crippen LogP contribution in [-0.4, -0.2) is 22.8 Å². The van der Waals surface area contributed by atoms with Crippen LogP contribution in [0.1, 0.15) is 36.5 Å². The lowest BCUT2D eigenvalue weighted by atomic mass is 10.1. The van der Waals surface area contributed by atoms with Crippen LogP contribution in [0.3, 0.4) is 0 Å². The van der Waals surface area contributed by atoms with Crippen molar-refractivity contribution in [1.29, 1.82) is 0 Å². The molecular weight excluding hydrogens is 356 g/mol. The summed E-state index contributed by atoms with van der Waals surface area (Å²) in [5, 5.41) is 5.78. The van der Waals surface area contributed by atoms with E-state index in [1.807, 2.05) is 70.2 Å². The number of thioether (sulfide) groups is 1. The molecular formula is C22H28N2O2S. The van der Waals surface area contributed by atoms with Crippen molar-refractivity contribution in [3.8, 4) is 0 Å². The second-order valence-electron chi connectivity index (χ2n) is 6.79. The Kier molecular flexibility index (Phi) is 7.92. The van der Waals surface area contributed by atoms with Gasteiger partial charge in [0.2, 0.25) is 11.8 Å². The molecule has 27 heavy (non-hydrogen) atoms. The van der Waals surface area contributed by atoms with Crippen molar-refractivity contribution >= 4 is 35.0 Å². The topological polar surface area (TPSA) is 58.2 Å². The fraction of sp³-hybridized carbons (Fsp3) is 0.364. The molecule has 1 atom stereocenters. The highest BCUT2D eigenvalue weighted by Gasteiger charge is 2.14. The fourth-order valence-corrected chi connectivity index (χ4v) is 3.62. The molecule has 5 heteroatoms. The minimum atomic E-state index is -0.160. The zero-order valence-corrected chi connectivity index (χ0v) is 17.3. The number of hydrogen-bond acceptors (Lipinski definition) is 3. The SMILES string of the molecule is Cc1cccc(NC(=O)[C@@H](C)SCCCC(=O)Nc2c(C)cccc2C)c1. The second kappa shape index (κ2) is 10.2. The minimum Gasteiger partial charge on any atom is -0.326 e. The summed E-state index contributed by atoms with van der Waals surface area (Å²) in [5.41, 5.74) is 4.97. The van der Waals surface area contributed by atoms with Crippen molar-refractivity contribution in [2.24, 2.45) is 0 Å². The number of carbonyl (C=O) groups is 2. The van der Waals surface area contributed by atoms with Gasteiger partial charge in [0.05, 0.1) is 5.25 Å². The Morgan fingerprint density at radius 3 is 2.33 bits per heavy atom. The first kappa shape index (κ1) is 21.0. The summed E-state index contributed by atoms with van der Waals surface area (Å²) < 4.78 is 0. The van der Waals surface area contributed by atoms with Crippen molar-refractivity contribution in [3.63, 3.8) is 0 Å². The summed E-state index contributed by atoms with van der Waals surface area (Å²) in [6.07, 6.45) is 1.19. The van der Waals surface area contributed by atoms with Gasteiger partial charge in [-0.05, 0) is 68.7 Å². The number of hydrogen-bond donors (Lipinski definition) is 2. The molecule has 2 amide bonds. The van der Waals surface area contributed by atoms with Gasteiger partial charge < -0.3 is 10.6 Å². The molecule has 0 unspecified atom stereocenters. The zero-order chi connectivity index (χ0) is 19.8. The van der Waals surface area contributed by atoms with Crippen molar-refractivity contribution in [3.05, 3.63) is 59.2 Å². The van der Waals surface area contributed by atoms with E-state index >= 15 is 0 Å². The second-order valence-corrected chi connectivity index (χ2v) is 8.24. The van der Waals surface area contributed by atoms with E-state index in [0.717, 1.165) is 40.2 Å². The van der Waals surface area contributed by atoms with Crippen molar-refractivity contribution < 1.29 is 9.59 Å². The van der Waals surface area contributed by atoms with E-state index in [1.165, 1.54) is 0 Å². The highest BCUT2D eigenvalue weighted by molar-refractivity contribution is 8.00. The van der Waals surface area contributed by atoms with Crippen LogP contribution < -0.4 is 10.6 Å². The number of anilines is 2. The van der Waals surface area contributed by atoms with Gasteiger partial charge in [-0.1, -0.05) is 30.3 Å². The van der Waals surface area contributed by atoms with Crippen LogP contribution in [0, 0.1) is 20.8 Å². The van der Waals surface area contributed by atoms with E-state index in [0.29, 0.717) is 6.42 Å². The van der Waals surface area contributed by atoms with Gasteiger partial charge >= 0.3 is 0 Å². The molecule has 0 saturated carbocycles. The van der Waals surface area contributed by atoms with E-state index in [1.54, 1.807) is 11.8 Å². The molecule has 0 radical (unpaired) electrons. The van der Waals surface area contributed by atoms with Gasteiger partial charge in [-0.25, -0.2) is 0 Å². The maximum atomic E-state index is 12.3. The molecule has 0 bridgehead atoms. The lowest BCUT2D eigenvalue weighted by Crippen LogP contribution is -2.23. The first-order valence-electron chi connectivity index (χ1n) is 9.22. The fourth-order valence-electron chi connectivity index (χ4n) is 2.75. The van der Waals surface area contributed by atoms with Crippen LogP contribution >= 0.6 is 11.8 Å². The average molecular weight is 385 g/mol. The third kappa shape index (κ3) is 6.75. The molecule has 0 saturated heterocycles. The molecule has 4 nitrogen and oxygen atoms in total. The van der Waals surface area contributed by atoms with Crippen molar-refractivity contribution in [1.82, 2.24) is 0 Å². The van der Waals surface area contributed by atoms with E-state index in [-0.39, 0.29) is 17.1 Å². The first-order valence-corrected chi connectivity index (χ1v) is 10.3. The van der Waals surface area contributed by atoms with Crippen LogP contribution in [0.25, 0.3) is 0 Å². The third-order valence-electron chi connectivity index (χ3n) is 4.32. The first-order chi connectivity index (χ1) is 12.9. The number of rotatable bonds is 8. The monoisotopic (exact) mass is 384 g/mol. The summed E-state index contributed by atoms with van der Waals surface area (Å²) in [6.45, 7) is 7.88. The lowest BCUT2D eigenvalue weighted by molar-refractivity contribution is -0.116.